The first-order valence-corrected chi connectivity index (χ1v) is 6.77. The zero-order chi connectivity index (χ0) is 16.0. The first-order valence-electron chi connectivity index (χ1n) is 6.77. The lowest BCUT2D eigenvalue weighted by atomic mass is 9.87. The number of methoxy groups -OCH3 is 1. The van der Waals surface area contributed by atoms with Crippen LogP contribution in [0, 0.1) is 5.41 Å². The van der Waals surface area contributed by atoms with Crippen molar-refractivity contribution in [3.63, 3.8) is 0 Å². The van der Waals surface area contributed by atoms with Gasteiger partial charge in [-0.1, -0.05) is 20.8 Å². The average Bonchev–Trinajstić information content (AvgIpc) is 2.43. The van der Waals surface area contributed by atoms with Crippen molar-refractivity contribution in [1.82, 2.24) is 0 Å². The minimum absolute atomic E-state index is 0.103. The summed E-state index contributed by atoms with van der Waals surface area (Å²) in [6.07, 6.45) is 0. The maximum Gasteiger partial charge on any atom is 0.241 e. The summed E-state index contributed by atoms with van der Waals surface area (Å²) in [5.41, 5.74) is 6.15. The number of anilines is 1. The minimum atomic E-state index is -0.624. The van der Waals surface area contributed by atoms with Crippen LogP contribution in [0.1, 0.15) is 20.8 Å². The Morgan fingerprint density at radius 3 is 2.57 bits per heavy atom. The highest BCUT2D eigenvalue weighted by molar-refractivity contribution is 5.95. The third-order valence-electron chi connectivity index (χ3n) is 3.00. The van der Waals surface area contributed by atoms with Crippen molar-refractivity contribution in [1.29, 1.82) is 0 Å². The molecule has 1 atom stereocenters. The number of hydrogen-bond acceptors (Lipinski definition) is 5. The van der Waals surface area contributed by atoms with Gasteiger partial charge in [0.25, 0.3) is 0 Å². The fraction of sp³-hybridized carbons (Fsp3) is 0.533. The summed E-state index contributed by atoms with van der Waals surface area (Å²) in [4.78, 5) is 12.1. The number of nitrogens with one attached hydrogen (secondary N) is 1. The molecule has 0 aliphatic carbocycles. The summed E-state index contributed by atoms with van der Waals surface area (Å²) in [5.74, 6) is 0.719. The van der Waals surface area contributed by atoms with Gasteiger partial charge in [0.15, 0.2) is 11.5 Å². The lowest BCUT2D eigenvalue weighted by Gasteiger charge is -2.26. The van der Waals surface area contributed by atoms with Gasteiger partial charge in [-0.15, -0.1) is 0 Å². The van der Waals surface area contributed by atoms with Crippen molar-refractivity contribution in [2.24, 2.45) is 11.1 Å². The van der Waals surface area contributed by atoms with Gasteiger partial charge in [0.1, 0.15) is 6.61 Å². The van der Waals surface area contributed by atoms with Crippen LogP contribution >= 0.6 is 0 Å². The normalized spacial score (nSPS) is 12.7. The van der Waals surface area contributed by atoms with Crippen LogP contribution in [-0.4, -0.2) is 37.4 Å². The molecule has 118 valence electrons. The summed E-state index contributed by atoms with van der Waals surface area (Å²) in [6.45, 7) is 5.76. The fourth-order valence-electron chi connectivity index (χ4n) is 1.64. The van der Waals surface area contributed by atoms with Crippen LogP contribution in [0.2, 0.25) is 0 Å². The van der Waals surface area contributed by atoms with E-state index in [0.717, 1.165) is 0 Å². The Balaban J connectivity index is 2.86. The van der Waals surface area contributed by atoms with Gasteiger partial charge in [0, 0.05) is 11.8 Å². The van der Waals surface area contributed by atoms with Crippen molar-refractivity contribution in [2.75, 3.05) is 25.6 Å². The SMILES string of the molecule is COc1ccc(NC(=O)C(N)C(C)(C)C)cc1OCCO. The Morgan fingerprint density at radius 2 is 2.05 bits per heavy atom. The summed E-state index contributed by atoms with van der Waals surface area (Å²) in [7, 11) is 1.52. The van der Waals surface area contributed by atoms with Crippen molar-refractivity contribution < 1.29 is 19.4 Å². The molecule has 0 aromatic heterocycles. The molecule has 0 fully saturated rings. The van der Waals surface area contributed by atoms with Crippen LogP contribution in [0.15, 0.2) is 18.2 Å². The zero-order valence-electron chi connectivity index (χ0n) is 13.0. The number of carbonyl (C=O) groups is 1. The number of hydrogen-bond donors (Lipinski definition) is 3. The zero-order valence-corrected chi connectivity index (χ0v) is 13.0. The van der Waals surface area contributed by atoms with Crippen LogP contribution in [0.25, 0.3) is 0 Å². The quantitative estimate of drug-likeness (QED) is 0.737. The Kier molecular flexibility index (Phi) is 5.99. The molecule has 0 radical (unpaired) electrons. The van der Waals surface area contributed by atoms with Gasteiger partial charge in [-0.05, 0) is 17.5 Å². The average molecular weight is 296 g/mol. The summed E-state index contributed by atoms with van der Waals surface area (Å²) < 4.78 is 10.5. The molecule has 1 unspecified atom stereocenters. The third kappa shape index (κ3) is 4.91. The highest BCUT2D eigenvalue weighted by atomic mass is 16.5. The van der Waals surface area contributed by atoms with E-state index in [1.54, 1.807) is 18.2 Å². The molecule has 1 amide bonds. The van der Waals surface area contributed by atoms with Crippen molar-refractivity contribution in [2.45, 2.75) is 26.8 Å². The highest BCUT2D eigenvalue weighted by Gasteiger charge is 2.27. The Labute approximate surface area is 125 Å². The number of carbonyl (C=O) groups excluding carboxylic acids is 1. The Bertz CT molecular complexity index is 483. The Hall–Kier alpha value is -1.79. The molecule has 0 saturated heterocycles. The van der Waals surface area contributed by atoms with Crippen molar-refractivity contribution in [3.8, 4) is 11.5 Å². The second kappa shape index (κ2) is 7.28. The third-order valence-corrected chi connectivity index (χ3v) is 3.00. The molecule has 0 saturated carbocycles. The van der Waals surface area contributed by atoms with Gasteiger partial charge >= 0.3 is 0 Å². The molecule has 0 spiro atoms. The number of nitrogens with two attached hydrogens (primary N) is 1. The number of rotatable bonds is 6. The van der Waals surface area contributed by atoms with E-state index in [1.165, 1.54) is 7.11 Å². The fourth-order valence-corrected chi connectivity index (χ4v) is 1.64. The van der Waals surface area contributed by atoms with Crippen LogP contribution in [0.4, 0.5) is 5.69 Å². The van der Waals surface area contributed by atoms with Gasteiger partial charge in [-0.2, -0.15) is 0 Å². The maximum atomic E-state index is 12.1. The van der Waals surface area contributed by atoms with Crippen LogP contribution in [-0.2, 0) is 4.79 Å². The van der Waals surface area contributed by atoms with E-state index in [0.29, 0.717) is 17.2 Å². The van der Waals surface area contributed by atoms with Crippen molar-refractivity contribution >= 4 is 11.6 Å². The summed E-state index contributed by atoms with van der Waals surface area (Å²) >= 11 is 0. The van der Waals surface area contributed by atoms with E-state index in [-0.39, 0.29) is 24.5 Å². The maximum absolute atomic E-state index is 12.1. The van der Waals surface area contributed by atoms with Gasteiger partial charge < -0.3 is 25.6 Å². The van der Waals surface area contributed by atoms with Gasteiger partial charge in [-0.25, -0.2) is 0 Å². The van der Waals surface area contributed by atoms with Crippen LogP contribution < -0.4 is 20.5 Å². The molecule has 0 heterocycles. The number of benzene rings is 1. The number of ether oxygens (including phenoxy) is 2. The molecule has 1 rings (SSSR count). The molecule has 0 aliphatic rings. The molecule has 6 nitrogen and oxygen atoms in total. The van der Waals surface area contributed by atoms with Crippen molar-refractivity contribution in [3.05, 3.63) is 18.2 Å². The van der Waals surface area contributed by atoms with E-state index in [2.05, 4.69) is 5.32 Å². The smallest absolute Gasteiger partial charge is 0.241 e. The lowest BCUT2D eigenvalue weighted by molar-refractivity contribution is -0.119. The molecular formula is C15H24N2O4. The number of aliphatic hydroxyl groups is 1. The molecular weight excluding hydrogens is 272 g/mol. The van der Waals surface area contributed by atoms with E-state index in [4.69, 9.17) is 20.3 Å². The summed E-state index contributed by atoms with van der Waals surface area (Å²) in [6, 6.07) is 4.41. The predicted octanol–water partition coefficient (Wildman–Crippen LogP) is 1.38. The number of aliphatic hydroxyl groups excluding tert-OH is 1. The Morgan fingerprint density at radius 1 is 1.38 bits per heavy atom. The van der Waals surface area contributed by atoms with Gasteiger partial charge in [0.2, 0.25) is 5.91 Å². The van der Waals surface area contributed by atoms with Gasteiger partial charge in [0.05, 0.1) is 19.8 Å². The monoisotopic (exact) mass is 296 g/mol. The molecule has 6 heteroatoms. The molecule has 4 N–H and O–H groups in total. The van der Waals surface area contributed by atoms with E-state index in [1.807, 2.05) is 20.8 Å². The van der Waals surface area contributed by atoms with E-state index in [9.17, 15) is 4.79 Å². The minimum Gasteiger partial charge on any atom is -0.493 e. The van der Waals surface area contributed by atoms with Crippen LogP contribution in [0.5, 0.6) is 11.5 Å². The summed E-state index contributed by atoms with van der Waals surface area (Å²) in [5, 5.41) is 11.6. The van der Waals surface area contributed by atoms with Crippen LogP contribution in [0.3, 0.4) is 0 Å². The second-order valence-electron chi connectivity index (χ2n) is 5.77. The standard InChI is InChI=1S/C15H24N2O4/c1-15(2,3)13(16)14(19)17-10-5-6-11(20-4)12(9-10)21-8-7-18/h5-6,9,13,18H,7-8,16H2,1-4H3,(H,17,19). The predicted molar refractivity (Wildman–Crippen MR) is 81.6 cm³/mol. The molecule has 21 heavy (non-hydrogen) atoms. The molecule has 0 aliphatic heterocycles. The lowest BCUT2D eigenvalue weighted by Crippen LogP contribution is -2.45. The second-order valence-corrected chi connectivity index (χ2v) is 5.77. The van der Waals surface area contributed by atoms with E-state index >= 15 is 0 Å². The highest BCUT2D eigenvalue weighted by Crippen LogP contribution is 2.30. The first-order chi connectivity index (χ1) is 9.79. The molecule has 0 bridgehead atoms. The topological polar surface area (TPSA) is 93.8 Å². The molecule has 1 aromatic rings. The first kappa shape index (κ1) is 17.3. The number of amides is 1. The molecule has 1 aromatic carbocycles. The van der Waals surface area contributed by atoms with Gasteiger partial charge in [-0.3, -0.25) is 4.79 Å². The van der Waals surface area contributed by atoms with E-state index < -0.39 is 6.04 Å². The largest absolute Gasteiger partial charge is 0.493 e.